The number of rotatable bonds is 5. The summed E-state index contributed by atoms with van der Waals surface area (Å²) in [5, 5.41) is 0.467. The van der Waals surface area contributed by atoms with Gasteiger partial charge in [-0.05, 0) is 17.4 Å². The summed E-state index contributed by atoms with van der Waals surface area (Å²) in [4.78, 5) is 0. The molecule has 0 amide bonds. The molecule has 0 aliphatic heterocycles. The van der Waals surface area contributed by atoms with Crippen LogP contribution in [0.3, 0.4) is 0 Å². The predicted molar refractivity (Wildman–Crippen MR) is 53.7 cm³/mol. The van der Waals surface area contributed by atoms with Crippen molar-refractivity contribution < 1.29 is 4.43 Å². The van der Waals surface area contributed by atoms with Crippen LogP contribution in [0.25, 0.3) is 0 Å². The molecule has 11 heavy (non-hydrogen) atoms. The molecule has 0 aliphatic rings. The first-order valence-corrected chi connectivity index (χ1v) is 5.87. The molecule has 0 saturated carbocycles. The van der Waals surface area contributed by atoms with E-state index in [1.165, 1.54) is 0 Å². The molecule has 0 N–H and O–H groups in total. The van der Waals surface area contributed by atoms with Crippen LogP contribution in [0.2, 0.25) is 5.04 Å². The second-order valence-corrected chi connectivity index (χ2v) is 6.72. The Morgan fingerprint density at radius 3 is 2.27 bits per heavy atom. The average Bonchev–Trinajstić information content (AvgIpc) is 1.88. The molecule has 0 spiro atoms. The summed E-state index contributed by atoms with van der Waals surface area (Å²) in [6.07, 6.45) is 1.15. The van der Waals surface area contributed by atoms with Crippen LogP contribution in [0.5, 0.6) is 0 Å². The highest BCUT2D eigenvalue weighted by molar-refractivity contribution is 6.32. The molecule has 0 aliphatic carbocycles. The van der Waals surface area contributed by atoms with E-state index in [9.17, 15) is 0 Å². The summed E-state index contributed by atoms with van der Waals surface area (Å²) < 4.78 is 5.65. The zero-order valence-corrected chi connectivity index (χ0v) is 10.0. The van der Waals surface area contributed by atoms with Crippen molar-refractivity contribution in [2.24, 2.45) is 5.92 Å². The Hall–Kier alpha value is 0.177. The summed E-state index contributed by atoms with van der Waals surface area (Å²) in [5.74, 6) is 0.756. The molecule has 1 nitrogen and oxygen atoms in total. The third-order valence-corrected chi connectivity index (χ3v) is 4.44. The molecule has 0 aromatic heterocycles. The predicted octanol–water partition coefficient (Wildman–Crippen LogP) is 2.35. The van der Waals surface area contributed by atoms with Crippen LogP contribution in [0.4, 0.5) is 0 Å². The fourth-order valence-electron chi connectivity index (χ4n) is 0.646. The monoisotopic (exact) mass is 174 g/mol. The van der Waals surface area contributed by atoms with Gasteiger partial charge in [0.05, 0.1) is 0 Å². The zero-order chi connectivity index (χ0) is 8.91. The Kier molecular flexibility index (Phi) is 5.02. The third kappa shape index (κ3) is 4.59. The first-order chi connectivity index (χ1) is 5.00. The molecule has 0 aromatic carbocycles. The molecule has 0 unspecified atom stereocenters. The van der Waals surface area contributed by atoms with E-state index in [1.54, 1.807) is 0 Å². The van der Waals surface area contributed by atoms with Crippen LogP contribution >= 0.6 is 0 Å². The normalized spacial score (nSPS) is 13.6. The molecule has 0 heterocycles. The maximum absolute atomic E-state index is 5.65. The molecule has 0 radical (unpaired) electrons. The van der Waals surface area contributed by atoms with Gasteiger partial charge in [0, 0.05) is 6.61 Å². The fraction of sp³-hybridized carbons (Fsp3) is 1.00. The van der Waals surface area contributed by atoms with Gasteiger partial charge in [-0.1, -0.05) is 34.6 Å². The molecule has 0 bridgehead atoms. The van der Waals surface area contributed by atoms with Gasteiger partial charge in [-0.3, -0.25) is 0 Å². The third-order valence-electron chi connectivity index (χ3n) is 2.39. The van der Waals surface area contributed by atoms with E-state index in [4.69, 9.17) is 4.43 Å². The van der Waals surface area contributed by atoms with Crippen LogP contribution in [-0.4, -0.2) is 16.4 Å². The Bertz CT molecular complexity index is 99.7. The van der Waals surface area contributed by atoms with Crippen molar-refractivity contribution in [3.8, 4) is 0 Å². The highest BCUT2D eigenvalue weighted by Gasteiger charge is 2.22. The molecular weight excluding hydrogens is 152 g/mol. The molecule has 0 saturated heterocycles. The Labute approximate surface area is 73.5 Å². The summed E-state index contributed by atoms with van der Waals surface area (Å²) in [5.41, 5.74) is 0. The largest absolute Gasteiger partial charge is 0.423 e. The Morgan fingerprint density at radius 2 is 1.91 bits per heavy atom. The van der Waals surface area contributed by atoms with Gasteiger partial charge in [-0.25, -0.2) is 0 Å². The zero-order valence-electron chi connectivity index (χ0n) is 8.61. The maximum Gasteiger partial charge on any atom is 0.167 e. The lowest BCUT2D eigenvalue weighted by atomic mass is 9.99. The summed E-state index contributed by atoms with van der Waals surface area (Å²) >= 11 is 0. The fourth-order valence-corrected chi connectivity index (χ4v) is 1.94. The maximum atomic E-state index is 5.65. The van der Waals surface area contributed by atoms with E-state index in [-0.39, 0.29) is 9.76 Å². The minimum atomic E-state index is -0.319. The van der Waals surface area contributed by atoms with Crippen LogP contribution in [0.1, 0.15) is 41.0 Å². The van der Waals surface area contributed by atoms with Gasteiger partial charge in [-0.2, -0.15) is 0 Å². The van der Waals surface area contributed by atoms with Gasteiger partial charge >= 0.3 is 0 Å². The van der Waals surface area contributed by atoms with Gasteiger partial charge in [0.15, 0.2) is 9.76 Å². The SMILES string of the molecule is CCCO[SiH2]C(C)(C)C(C)C. The van der Waals surface area contributed by atoms with E-state index < -0.39 is 0 Å². The lowest BCUT2D eigenvalue weighted by molar-refractivity contribution is 0.301. The van der Waals surface area contributed by atoms with Gasteiger partial charge in [0.2, 0.25) is 0 Å². The van der Waals surface area contributed by atoms with E-state index in [0.717, 1.165) is 18.9 Å². The Morgan fingerprint density at radius 1 is 1.36 bits per heavy atom. The van der Waals surface area contributed by atoms with Gasteiger partial charge in [0.1, 0.15) is 0 Å². The first-order valence-electron chi connectivity index (χ1n) is 4.58. The van der Waals surface area contributed by atoms with Crippen molar-refractivity contribution in [2.45, 2.75) is 46.1 Å². The molecule has 0 atom stereocenters. The van der Waals surface area contributed by atoms with Crippen molar-refractivity contribution in [2.75, 3.05) is 6.61 Å². The summed E-state index contributed by atoms with van der Waals surface area (Å²) in [6.45, 7) is 12.3. The van der Waals surface area contributed by atoms with Crippen molar-refractivity contribution in [3.05, 3.63) is 0 Å². The molecule has 0 fully saturated rings. The van der Waals surface area contributed by atoms with Crippen LogP contribution in [0, 0.1) is 5.92 Å². The van der Waals surface area contributed by atoms with Crippen LogP contribution < -0.4 is 0 Å². The smallest absolute Gasteiger partial charge is 0.167 e. The van der Waals surface area contributed by atoms with Gasteiger partial charge < -0.3 is 4.43 Å². The topological polar surface area (TPSA) is 9.23 Å². The van der Waals surface area contributed by atoms with Crippen molar-refractivity contribution >= 4 is 9.76 Å². The second-order valence-electron chi connectivity index (χ2n) is 4.20. The molecule has 0 aromatic rings. The first kappa shape index (κ1) is 11.2. The highest BCUT2D eigenvalue weighted by Crippen LogP contribution is 2.32. The number of hydrogen-bond donors (Lipinski definition) is 0. The van der Waals surface area contributed by atoms with E-state index >= 15 is 0 Å². The van der Waals surface area contributed by atoms with Crippen molar-refractivity contribution in [1.82, 2.24) is 0 Å². The van der Waals surface area contributed by atoms with Crippen molar-refractivity contribution in [1.29, 1.82) is 0 Å². The highest BCUT2D eigenvalue weighted by atomic mass is 28.2. The average molecular weight is 174 g/mol. The second kappa shape index (κ2) is 4.94. The minimum Gasteiger partial charge on any atom is -0.423 e. The van der Waals surface area contributed by atoms with Crippen LogP contribution in [0.15, 0.2) is 0 Å². The summed E-state index contributed by atoms with van der Waals surface area (Å²) in [6, 6.07) is 0. The lowest BCUT2D eigenvalue weighted by Gasteiger charge is -2.27. The molecule has 0 rings (SSSR count). The number of hydrogen-bond acceptors (Lipinski definition) is 1. The van der Waals surface area contributed by atoms with E-state index in [0.29, 0.717) is 5.04 Å². The molecular formula is C9H22OSi. The van der Waals surface area contributed by atoms with Crippen molar-refractivity contribution in [3.63, 3.8) is 0 Å². The van der Waals surface area contributed by atoms with Gasteiger partial charge in [0.25, 0.3) is 0 Å². The standard InChI is InChI=1S/C9H22OSi/c1-6-7-10-11-9(4,5)8(2)3/h8H,6-7,11H2,1-5H3. The van der Waals surface area contributed by atoms with E-state index in [1.807, 2.05) is 0 Å². The van der Waals surface area contributed by atoms with Crippen LogP contribution in [-0.2, 0) is 4.43 Å². The lowest BCUT2D eigenvalue weighted by Crippen LogP contribution is -2.22. The molecule has 2 heteroatoms. The summed E-state index contributed by atoms with van der Waals surface area (Å²) in [7, 11) is -0.319. The quantitative estimate of drug-likeness (QED) is 0.459. The molecule has 68 valence electrons. The van der Waals surface area contributed by atoms with E-state index in [2.05, 4.69) is 34.6 Å². The minimum absolute atomic E-state index is 0.319. The Balaban J connectivity index is 3.55. The van der Waals surface area contributed by atoms with Gasteiger partial charge in [-0.15, -0.1) is 0 Å².